The van der Waals surface area contributed by atoms with Crippen molar-refractivity contribution in [1.29, 1.82) is 0 Å². The Kier molecular flexibility index (Phi) is 4.94. The second-order valence-corrected chi connectivity index (χ2v) is 8.16. The predicted molar refractivity (Wildman–Crippen MR) is 83.4 cm³/mol. The molecule has 1 aromatic carbocycles. The number of likely N-dealkylation sites (N-methyl/N-ethyl adjacent to an activating group) is 1. The number of halogens is 1. The Labute approximate surface area is 133 Å². The summed E-state index contributed by atoms with van der Waals surface area (Å²) in [6.45, 7) is 0.918. The molecule has 21 heavy (non-hydrogen) atoms. The van der Waals surface area contributed by atoms with Crippen molar-refractivity contribution in [2.24, 2.45) is 0 Å². The van der Waals surface area contributed by atoms with Crippen molar-refractivity contribution >= 4 is 31.6 Å². The summed E-state index contributed by atoms with van der Waals surface area (Å²) in [6.07, 6.45) is 0.853. The molecule has 118 valence electrons. The van der Waals surface area contributed by atoms with E-state index in [4.69, 9.17) is 10.5 Å². The van der Waals surface area contributed by atoms with Gasteiger partial charge in [-0.05, 0) is 34.1 Å². The molecule has 0 radical (unpaired) electrons. The van der Waals surface area contributed by atoms with E-state index in [1.165, 1.54) is 23.5 Å². The molecule has 1 aliphatic heterocycles. The van der Waals surface area contributed by atoms with Gasteiger partial charge in [-0.15, -0.1) is 0 Å². The molecule has 0 atom stereocenters. The molecule has 0 amide bonds. The Hall–Kier alpha value is -0.670. The van der Waals surface area contributed by atoms with Gasteiger partial charge in [-0.25, -0.2) is 8.42 Å². The van der Waals surface area contributed by atoms with Gasteiger partial charge in [0.2, 0.25) is 10.0 Å². The first-order valence-corrected chi connectivity index (χ1v) is 8.79. The SMILES string of the molecule is CN(CC1(O)CCOCC1)S(=O)(=O)c1ccc(N)cc1Br. The number of nitrogen functional groups attached to an aromatic ring is 1. The Morgan fingerprint density at radius 3 is 2.62 bits per heavy atom. The molecule has 3 N–H and O–H groups in total. The minimum Gasteiger partial charge on any atom is -0.399 e. The fraction of sp³-hybridized carbons (Fsp3) is 0.538. The molecular formula is C13H19BrN2O4S. The number of anilines is 1. The van der Waals surface area contributed by atoms with Crippen LogP contribution in [-0.4, -0.2) is 50.2 Å². The van der Waals surface area contributed by atoms with Crippen molar-refractivity contribution in [3.8, 4) is 0 Å². The summed E-state index contributed by atoms with van der Waals surface area (Å²) in [6, 6.07) is 4.54. The van der Waals surface area contributed by atoms with Crippen LogP contribution in [0.3, 0.4) is 0 Å². The fourth-order valence-corrected chi connectivity index (χ4v) is 4.60. The number of rotatable bonds is 4. The number of ether oxygens (including phenoxy) is 1. The highest BCUT2D eigenvalue weighted by Gasteiger charge is 2.35. The van der Waals surface area contributed by atoms with E-state index in [9.17, 15) is 13.5 Å². The fourth-order valence-electron chi connectivity index (χ4n) is 2.30. The highest BCUT2D eigenvalue weighted by atomic mass is 79.9. The summed E-state index contributed by atoms with van der Waals surface area (Å²) in [5.41, 5.74) is 5.06. The van der Waals surface area contributed by atoms with Gasteiger partial charge in [0.1, 0.15) is 0 Å². The van der Waals surface area contributed by atoms with Crippen molar-refractivity contribution in [3.63, 3.8) is 0 Å². The molecule has 6 nitrogen and oxygen atoms in total. The number of hydrogen-bond donors (Lipinski definition) is 2. The van der Waals surface area contributed by atoms with E-state index in [0.29, 0.717) is 36.2 Å². The van der Waals surface area contributed by atoms with Crippen LogP contribution in [0.4, 0.5) is 5.69 Å². The standard InChI is InChI=1S/C13H19BrN2O4S/c1-16(9-13(17)4-6-20-7-5-13)21(18,19)12-3-2-10(15)8-11(12)14/h2-3,8,17H,4-7,9,15H2,1H3. The summed E-state index contributed by atoms with van der Waals surface area (Å²) in [7, 11) is -2.23. The summed E-state index contributed by atoms with van der Waals surface area (Å²) in [5, 5.41) is 10.4. The van der Waals surface area contributed by atoms with E-state index < -0.39 is 15.6 Å². The second-order valence-electron chi connectivity index (χ2n) is 5.29. The lowest BCUT2D eigenvalue weighted by molar-refractivity contribution is -0.0689. The Morgan fingerprint density at radius 1 is 1.43 bits per heavy atom. The van der Waals surface area contributed by atoms with Gasteiger partial charge in [-0.1, -0.05) is 0 Å². The Morgan fingerprint density at radius 2 is 2.05 bits per heavy atom. The van der Waals surface area contributed by atoms with Crippen LogP contribution in [0.15, 0.2) is 27.6 Å². The first-order valence-electron chi connectivity index (χ1n) is 6.56. The zero-order valence-electron chi connectivity index (χ0n) is 11.8. The van der Waals surface area contributed by atoms with Crippen molar-refractivity contribution < 1.29 is 18.3 Å². The third-order valence-electron chi connectivity index (χ3n) is 3.58. The smallest absolute Gasteiger partial charge is 0.244 e. The van der Waals surface area contributed by atoms with E-state index in [1.807, 2.05) is 0 Å². The molecule has 1 fully saturated rings. The molecule has 0 aromatic heterocycles. The highest BCUT2D eigenvalue weighted by Crippen LogP contribution is 2.29. The molecule has 1 saturated heterocycles. The lowest BCUT2D eigenvalue weighted by atomic mass is 9.95. The van der Waals surface area contributed by atoms with E-state index in [2.05, 4.69) is 15.9 Å². The molecule has 2 rings (SSSR count). The van der Waals surface area contributed by atoms with Crippen LogP contribution in [0.5, 0.6) is 0 Å². The van der Waals surface area contributed by atoms with Crippen LogP contribution in [-0.2, 0) is 14.8 Å². The summed E-state index contributed by atoms with van der Waals surface area (Å²) in [5.74, 6) is 0. The zero-order valence-corrected chi connectivity index (χ0v) is 14.2. The van der Waals surface area contributed by atoms with Gasteiger partial charge in [0.05, 0.1) is 10.5 Å². The van der Waals surface area contributed by atoms with Crippen molar-refractivity contribution in [2.45, 2.75) is 23.3 Å². The van der Waals surface area contributed by atoms with Crippen LogP contribution in [0, 0.1) is 0 Å². The molecule has 0 unspecified atom stereocenters. The molecule has 0 saturated carbocycles. The van der Waals surface area contributed by atoms with Gasteiger partial charge in [-0.2, -0.15) is 4.31 Å². The van der Waals surface area contributed by atoms with Crippen LogP contribution >= 0.6 is 15.9 Å². The second kappa shape index (κ2) is 6.21. The summed E-state index contributed by atoms with van der Waals surface area (Å²) >= 11 is 3.22. The molecule has 1 aliphatic rings. The molecule has 8 heteroatoms. The van der Waals surface area contributed by atoms with Crippen molar-refractivity contribution in [2.75, 3.05) is 32.5 Å². The lowest BCUT2D eigenvalue weighted by Crippen LogP contribution is -2.47. The quantitative estimate of drug-likeness (QED) is 0.767. The maximum absolute atomic E-state index is 12.6. The summed E-state index contributed by atoms with van der Waals surface area (Å²) in [4.78, 5) is 0.134. The average Bonchev–Trinajstić information content (AvgIpc) is 2.38. The van der Waals surface area contributed by atoms with E-state index in [0.717, 1.165) is 0 Å². The highest BCUT2D eigenvalue weighted by molar-refractivity contribution is 9.10. The third-order valence-corrected chi connectivity index (χ3v) is 6.36. The van der Waals surface area contributed by atoms with Gasteiger partial charge in [0.15, 0.2) is 0 Å². The molecular weight excluding hydrogens is 360 g/mol. The first-order chi connectivity index (χ1) is 9.74. The number of hydrogen-bond acceptors (Lipinski definition) is 5. The van der Waals surface area contributed by atoms with Gasteiger partial charge >= 0.3 is 0 Å². The maximum Gasteiger partial charge on any atom is 0.244 e. The summed E-state index contributed by atoms with van der Waals surface area (Å²) < 4.78 is 32.0. The van der Waals surface area contributed by atoms with Crippen LogP contribution in [0.2, 0.25) is 0 Å². The molecule has 1 aromatic rings. The van der Waals surface area contributed by atoms with Crippen LogP contribution < -0.4 is 5.73 Å². The third kappa shape index (κ3) is 3.75. The van der Waals surface area contributed by atoms with Crippen LogP contribution in [0.25, 0.3) is 0 Å². The lowest BCUT2D eigenvalue weighted by Gasteiger charge is -2.35. The number of nitrogens with zero attached hydrogens (tertiary/aromatic N) is 1. The number of aliphatic hydroxyl groups is 1. The first kappa shape index (κ1) is 16.7. The minimum absolute atomic E-state index is 0.0372. The molecule has 1 heterocycles. The Bertz CT molecular complexity index is 615. The maximum atomic E-state index is 12.6. The minimum atomic E-state index is -3.69. The number of sulfonamides is 1. The molecule has 0 aliphatic carbocycles. The predicted octanol–water partition coefficient (Wildman–Crippen LogP) is 1.19. The normalized spacial score (nSPS) is 18.9. The van der Waals surface area contributed by atoms with Crippen molar-refractivity contribution in [3.05, 3.63) is 22.7 Å². The van der Waals surface area contributed by atoms with Crippen molar-refractivity contribution in [1.82, 2.24) is 4.31 Å². The number of nitrogens with two attached hydrogens (primary N) is 1. The van der Waals surface area contributed by atoms with E-state index in [1.54, 1.807) is 6.07 Å². The van der Waals surface area contributed by atoms with E-state index >= 15 is 0 Å². The van der Waals surface area contributed by atoms with E-state index in [-0.39, 0.29) is 11.4 Å². The zero-order chi connectivity index (χ0) is 15.7. The molecule has 0 bridgehead atoms. The van der Waals surface area contributed by atoms with Gasteiger partial charge in [0.25, 0.3) is 0 Å². The van der Waals surface area contributed by atoms with Crippen LogP contribution in [0.1, 0.15) is 12.8 Å². The topological polar surface area (TPSA) is 92.9 Å². The van der Waals surface area contributed by atoms with Gasteiger partial charge < -0.3 is 15.6 Å². The van der Waals surface area contributed by atoms with Gasteiger partial charge in [-0.3, -0.25) is 0 Å². The Balaban J connectivity index is 2.22. The average molecular weight is 379 g/mol. The molecule has 0 spiro atoms. The largest absolute Gasteiger partial charge is 0.399 e. The van der Waals surface area contributed by atoms with Gasteiger partial charge in [0, 0.05) is 49.8 Å². The number of benzene rings is 1. The monoisotopic (exact) mass is 378 g/mol.